The van der Waals surface area contributed by atoms with Gasteiger partial charge in [0, 0.05) is 0 Å². The van der Waals surface area contributed by atoms with Crippen LogP contribution in [0.15, 0.2) is 43.0 Å². The monoisotopic (exact) mass is 348 g/mol. The Hall–Kier alpha value is -2.35. The van der Waals surface area contributed by atoms with Crippen LogP contribution in [-0.4, -0.2) is 6.47 Å². The highest BCUT2D eigenvalue weighted by Gasteiger charge is 2.39. The molecule has 2 nitrogen and oxygen atoms in total. The molecule has 2 aromatic carbocycles. The summed E-state index contributed by atoms with van der Waals surface area (Å²) in [6, 6.07) is 12.2. The zero-order chi connectivity index (χ0) is 19.1. The topological polar surface area (TPSA) is 26.3 Å². The van der Waals surface area contributed by atoms with E-state index < -0.39 is 0 Å². The molecule has 0 aromatic heterocycles. The zero-order valence-corrected chi connectivity index (χ0v) is 16.5. The molecule has 136 valence electrons. The van der Waals surface area contributed by atoms with Gasteiger partial charge >= 0.3 is 0 Å². The average molecular weight is 348 g/mol. The van der Waals surface area contributed by atoms with Gasteiger partial charge in [-0.25, -0.2) is 0 Å². The molecule has 1 aliphatic carbocycles. The fraction of sp³-hybridized carbons (Fsp3) is 0.375. The molecule has 0 saturated heterocycles. The molecule has 0 N–H and O–H groups in total. The fourth-order valence-corrected chi connectivity index (χ4v) is 4.12. The van der Waals surface area contributed by atoms with Crippen LogP contribution in [0.1, 0.15) is 68.4 Å². The number of fused-ring (bicyclic) bond motifs is 1. The summed E-state index contributed by atoms with van der Waals surface area (Å²) in [5.41, 5.74) is 7.76. The summed E-state index contributed by atoms with van der Waals surface area (Å²) >= 11 is 0. The highest BCUT2D eigenvalue weighted by atomic mass is 16.5. The third-order valence-electron chi connectivity index (χ3n) is 5.78. The van der Waals surface area contributed by atoms with Gasteiger partial charge in [0.1, 0.15) is 5.75 Å². The zero-order valence-electron chi connectivity index (χ0n) is 16.5. The lowest BCUT2D eigenvalue weighted by atomic mass is 9.61. The van der Waals surface area contributed by atoms with E-state index in [1.54, 1.807) is 0 Å². The van der Waals surface area contributed by atoms with Crippen molar-refractivity contribution >= 4 is 12.0 Å². The number of carbonyl (C=O) groups excluding carboxylic acids is 1. The SMILES string of the molecule is C=C(c1ccc(OC=O)cc1)c1cc(C)cc2c1C(C)(C)CCC2(C)C. The van der Waals surface area contributed by atoms with Crippen molar-refractivity contribution in [1.29, 1.82) is 0 Å². The van der Waals surface area contributed by atoms with Crippen LogP contribution in [0.3, 0.4) is 0 Å². The molecule has 0 spiro atoms. The van der Waals surface area contributed by atoms with E-state index in [0.717, 1.165) is 11.1 Å². The summed E-state index contributed by atoms with van der Waals surface area (Å²) in [5.74, 6) is 0.546. The molecule has 0 heterocycles. The van der Waals surface area contributed by atoms with Crippen molar-refractivity contribution in [1.82, 2.24) is 0 Å². The summed E-state index contributed by atoms with van der Waals surface area (Å²) in [5, 5.41) is 0. The minimum absolute atomic E-state index is 0.122. The smallest absolute Gasteiger partial charge is 0.298 e. The molecular weight excluding hydrogens is 320 g/mol. The van der Waals surface area contributed by atoms with Crippen LogP contribution in [0.25, 0.3) is 5.57 Å². The van der Waals surface area contributed by atoms with E-state index in [1.165, 1.54) is 35.1 Å². The maximum absolute atomic E-state index is 10.5. The highest BCUT2D eigenvalue weighted by Crippen LogP contribution is 2.49. The number of hydrogen-bond donors (Lipinski definition) is 0. The number of aryl methyl sites for hydroxylation is 1. The lowest BCUT2D eigenvalue weighted by molar-refractivity contribution is -0.120. The first-order valence-electron chi connectivity index (χ1n) is 9.21. The molecule has 0 amide bonds. The van der Waals surface area contributed by atoms with Crippen LogP contribution in [0.2, 0.25) is 0 Å². The molecule has 2 heteroatoms. The van der Waals surface area contributed by atoms with E-state index in [9.17, 15) is 4.79 Å². The Morgan fingerprint density at radius 2 is 1.65 bits per heavy atom. The van der Waals surface area contributed by atoms with Crippen molar-refractivity contribution in [3.05, 3.63) is 70.8 Å². The molecule has 0 atom stereocenters. The van der Waals surface area contributed by atoms with Gasteiger partial charge in [0.15, 0.2) is 0 Å². The maximum Gasteiger partial charge on any atom is 0.298 e. The van der Waals surface area contributed by atoms with Crippen molar-refractivity contribution < 1.29 is 9.53 Å². The van der Waals surface area contributed by atoms with Crippen LogP contribution >= 0.6 is 0 Å². The van der Waals surface area contributed by atoms with Gasteiger partial charge in [0.25, 0.3) is 6.47 Å². The Morgan fingerprint density at radius 3 is 2.27 bits per heavy atom. The number of benzene rings is 2. The highest BCUT2D eigenvalue weighted by molar-refractivity contribution is 5.82. The molecule has 0 saturated carbocycles. The first kappa shape index (κ1) is 18.4. The van der Waals surface area contributed by atoms with Gasteiger partial charge in [0.2, 0.25) is 0 Å². The van der Waals surface area contributed by atoms with Crippen LogP contribution in [-0.2, 0) is 15.6 Å². The summed E-state index contributed by atoms with van der Waals surface area (Å²) in [6.07, 6.45) is 2.36. The van der Waals surface area contributed by atoms with Crippen molar-refractivity contribution in [3.8, 4) is 5.75 Å². The van der Waals surface area contributed by atoms with Crippen LogP contribution < -0.4 is 4.74 Å². The standard InChI is InChI=1S/C24H28O2/c1-16-13-20(17(2)18-7-9-19(10-8-18)26-15-25)22-21(14-16)23(3,4)11-12-24(22,5)6/h7-10,13-15H,2,11-12H2,1,3-6H3. The molecule has 0 radical (unpaired) electrons. The Labute approximate surface area is 156 Å². The normalized spacial score (nSPS) is 17.3. The Kier molecular flexibility index (Phi) is 4.56. The number of hydrogen-bond acceptors (Lipinski definition) is 2. The fourth-order valence-electron chi connectivity index (χ4n) is 4.12. The minimum Gasteiger partial charge on any atom is -0.429 e. The predicted octanol–water partition coefficient (Wildman–Crippen LogP) is 5.94. The van der Waals surface area contributed by atoms with Gasteiger partial charge in [0.05, 0.1) is 0 Å². The van der Waals surface area contributed by atoms with Gasteiger partial charge in [-0.3, -0.25) is 4.79 Å². The molecule has 2 aromatic rings. The lowest BCUT2D eigenvalue weighted by Gasteiger charge is -2.43. The second-order valence-electron chi connectivity index (χ2n) is 8.72. The number of rotatable bonds is 4. The van der Waals surface area contributed by atoms with Gasteiger partial charge in [-0.05, 0) is 70.6 Å². The van der Waals surface area contributed by atoms with Crippen LogP contribution in [0.5, 0.6) is 5.75 Å². The summed E-state index contributed by atoms with van der Waals surface area (Å²) < 4.78 is 4.91. The van der Waals surface area contributed by atoms with E-state index in [2.05, 4.69) is 53.3 Å². The van der Waals surface area contributed by atoms with Crippen molar-refractivity contribution in [3.63, 3.8) is 0 Å². The Morgan fingerprint density at radius 1 is 1.04 bits per heavy atom. The molecule has 0 bridgehead atoms. The average Bonchev–Trinajstić information content (AvgIpc) is 2.59. The third-order valence-corrected chi connectivity index (χ3v) is 5.78. The first-order valence-corrected chi connectivity index (χ1v) is 9.21. The van der Waals surface area contributed by atoms with Gasteiger partial charge in [-0.1, -0.05) is 64.1 Å². The second-order valence-corrected chi connectivity index (χ2v) is 8.72. The van der Waals surface area contributed by atoms with E-state index in [0.29, 0.717) is 12.2 Å². The van der Waals surface area contributed by atoms with E-state index in [1.807, 2.05) is 24.3 Å². The maximum atomic E-state index is 10.5. The van der Waals surface area contributed by atoms with Crippen molar-refractivity contribution in [2.75, 3.05) is 0 Å². The number of ether oxygens (including phenoxy) is 1. The largest absolute Gasteiger partial charge is 0.429 e. The number of carbonyl (C=O) groups is 1. The lowest BCUT2D eigenvalue weighted by Crippen LogP contribution is -2.35. The van der Waals surface area contributed by atoms with Gasteiger partial charge in [-0.2, -0.15) is 0 Å². The molecule has 1 aliphatic rings. The molecule has 0 aliphatic heterocycles. The van der Waals surface area contributed by atoms with E-state index in [4.69, 9.17) is 4.74 Å². The van der Waals surface area contributed by atoms with Gasteiger partial charge < -0.3 is 4.74 Å². The molecule has 26 heavy (non-hydrogen) atoms. The quantitative estimate of drug-likeness (QED) is 0.639. The van der Waals surface area contributed by atoms with Crippen molar-refractivity contribution in [2.45, 2.75) is 58.3 Å². The van der Waals surface area contributed by atoms with E-state index >= 15 is 0 Å². The minimum atomic E-state index is 0.122. The predicted molar refractivity (Wildman–Crippen MR) is 108 cm³/mol. The molecule has 0 fully saturated rings. The first-order chi connectivity index (χ1) is 12.2. The van der Waals surface area contributed by atoms with E-state index in [-0.39, 0.29) is 10.8 Å². The molecular formula is C24H28O2. The Balaban J connectivity index is 2.14. The molecule has 0 unspecified atom stereocenters. The Bertz CT molecular complexity index is 855. The van der Waals surface area contributed by atoms with Gasteiger partial charge in [-0.15, -0.1) is 0 Å². The van der Waals surface area contributed by atoms with Crippen LogP contribution in [0, 0.1) is 6.92 Å². The second kappa shape index (κ2) is 6.42. The summed E-state index contributed by atoms with van der Waals surface area (Å²) in [4.78, 5) is 10.5. The summed E-state index contributed by atoms with van der Waals surface area (Å²) in [7, 11) is 0. The summed E-state index contributed by atoms with van der Waals surface area (Å²) in [6.45, 7) is 16.4. The van der Waals surface area contributed by atoms with Crippen LogP contribution in [0.4, 0.5) is 0 Å². The third kappa shape index (κ3) is 3.21. The molecule has 3 rings (SSSR count). The van der Waals surface area contributed by atoms with Crippen molar-refractivity contribution in [2.24, 2.45) is 0 Å².